The van der Waals surface area contributed by atoms with Crippen molar-refractivity contribution in [2.45, 2.75) is 6.42 Å². The Kier molecular flexibility index (Phi) is 2.01. The van der Waals surface area contributed by atoms with E-state index in [1.807, 2.05) is 12.3 Å². The second kappa shape index (κ2) is 3.16. The fraction of sp³-hybridized carbons (Fsp3) is 0.250. The molecule has 2 heterocycles. The molecule has 0 spiro atoms. The van der Waals surface area contributed by atoms with Gasteiger partial charge in [-0.15, -0.1) is 0 Å². The van der Waals surface area contributed by atoms with Crippen molar-refractivity contribution >= 4 is 21.6 Å². The van der Waals surface area contributed by atoms with E-state index < -0.39 is 0 Å². The Morgan fingerprint density at radius 1 is 1.50 bits per heavy atom. The van der Waals surface area contributed by atoms with Crippen LogP contribution in [-0.2, 0) is 6.42 Å². The summed E-state index contributed by atoms with van der Waals surface area (Å²) in [5.74, 6) is 0. The molecule has 4 heteroatoms. The van der Waals surface area contributed by atoms with E-state index >= 15 is 0 Å². The lowest BCUT2D eigenvalue weighted by atomic mass is 10.2. The molecule has 0 aliphatic rings. The second-order valence-corrected chi connectivity index (χ2v) is 3.34. The van der Waals surface area contributed by atoms with E-state index in [1.54, 1.807) is 6.20 Å². The van der Waals surface area contributed by atoms with Gasteiger partial charge in [-0.1, -0.05) is 0 Å². The van der Waals surface area contributed by atoms with Crippen molar-refractivity contribution in [2.24, 2.45) is 5.73 Å². The minimum atomic E-state index is 0.654. The van der Waals surface area contributed by atoms with E-state index in [0.717, 1.165) is 16.8 Å². The van der Waals surface area contributed by atoms with Crippen LogP contribution in [0.25, 0.3) is 10.1 Å². The number of hydrogen-bond acceptors (Lipinski definition) is 4. The topological polar surface area (TPSA) is 51.8 Å². The fourth-order valence-corrected chi connectivity index (χ4v) is 1.95. The van der Waals surface area contributed by atoms with Crippen molar-refractivity contribution in [3.63, 3.8) is 0 Å². The lowest BCUT2D eigenvalue weighted by molar-refractivity contribution is 0.952. The van der Waals surface area contributed by atoms with Crippen LogP contribution in [0.1, 0.15) is 5.69 Å². The van der Waals surface area contributed by atoms with Gasteiger partial charge in [0.05, 0.1) is 10.4 Å². The molecule has 0 fully saturated rings. The predicted octanol–water partition coefficient (Wildman–Crippen LogP) is 1.19. The van der Waals surface area contributed by atoms with E-state index in [0.29, 0.717) is 6.54 Å². The van der Waals surface area contributed by atoms with Crippen molar-refractivity contribution in [2.75, 3.05) is 6.54 Å². The Hall–Kier alpha value is -1.00. The fourth-order valence-electron chi connectivity index (χ4n) is 1.16. The Morgan fingerprint density at radius 2 is 2.42 bits per heavy atom. The van der Waals surface area contributed by atoms with E-state index in [-0.39, 0.29) is 0 Å². The van der Waals surface area contributed by atoms with E-state index in [9.17, 15) is 0 Å². The lowest BCUT2D eigenvalue weighted by Crippen LogP contribution is -2.02. The van der Waals surface area contributed by atoms with Crippen LogP contribution < -0.4 is 5.73 Å². The summed E-state index contributed by atoms with van der Waals surface area (Å²) in [7, 11) is 0. The zero-order valence-electron chi connectivity index (χ0n) is 6.53. The SMILES string of the molecule is NCCc1nsc2cnccc12. The first-order valence-electron chi connectivity index (χ1n) is 3.80. The molecule has 0 aliphatic carbocycles. The highest BCUT2D eigenvalue weighted by molar-refractivity contribution is 7.13. The quantitative estimate of drug-likeness (QED) is 0.753. The molecular weight excluding hydrogens is 170 g/mol. The molecule has 2 aromatic heterocycles. The monoisotopic (exact) mass is 179 g/mol. The maximum absolute atomic E-state index is 5.46. The summed E-state index contributed by atoms with van der Waals surface area (Å²) in [6.45, 7) is 0.654. The molecule has 2 rings (SSSR count). The third kappa shape index (κ3) is 1.19. The van der Waals surface area contributed by atoms with Gasteiger partial charge in [0.1, 0.15) is 0 Å². The van der Waals surface area contributed by atoms with Gasteiger partial charge in [0.15, 0.2) is 0 Å². The summed E-state index contributed by atoms with van der Waals surface area (Å²) >= 11 is 1.49. The number of fused-ring (bicyclic) bond motifs is 1. The minimum absolute atomic E-state index is 0.654. The number of pyridine rings is 1. The number of nitrogens with two attached hydrogens (primary N) is 1. The Morgan fingerprint density at radius 3 is 3.25 bits per heavy atom. The zero-order valence-corrected chi connectivity index (χ0v) is 7.34. The molecule has 0 aromatic carbocycles. The highest BCUT2D eigenvalue weighted by Gasteiger charge is 2.03. The van der Waals surface area contributed by atoms with Crippen LogP contribution in [0.2, 0.25) is 0 Å². The van der Waals surface area contributed by atoms with E-state index in [4.69, 9.17) is 5.73 Å². The lowest BCUT2D eigenvalue weighted by Gasteiger charge is -1.91. The summed E-state index contributed by atoms with van der Waals surface area (Å²) < 4.78 is 5.45. The maximum atomic E-state index is 5.46. The molecule has 0 atom stereocenters. The summed E-state index contributed by atoms with van der Waals surface area (Å²) in [5.41, 5.74) is 6.56. The van der Waals surface area contributed by atoms with E-state index in [1.165, 1.54) is 16.9 Å². The highest BCUT2D eigenvalue weighted by atomic mass is 32.1. The van der Waals surface area contributed by atoms with Crippen LogP contribution in [0.4, 0.5) is 0 Å². The largest absolute Gasteiger partial charge is 0.330 e. The van der Waals surface area contributed by atoms with Gasteiger partial charge < -0.3 is 5.73 Å². The van der Waals surface area contributed by atoms with Gasteiger partial charge in [-0.3, -0.25) is 4.98 Å². The van der Waals surface area contributed by atoms with E-state index in [2.05, 4.69) is 9.36 Å². The first-order valence-corrected chi connectivity index (χ1v) is 4.57. The highest BCUT2D eigenvalue weighted by Crippen LogP contribution is 2.20. The number of hydrogen-bond donors (Lipinski definition) is 1. The van der Waals surface area contributed by atoms with Gasteiger partial charge in [-0.25, -0.2) is 0 Å². The van der Waals surface area contributed by atoms with Crippen LogP contribution in [0.3, 0.4) is 0 Å². The standard InChI is InChI=1S/C8H9N3S/c9-3-1-7-6-2-4-10-5-8(6)12-11-7/h2,4-5H,1,3,9H2. The Bertz CT molecular complexity index is 382. The van der Waals surface area contributed by atoms with Crippen molar-refractivity contribution in [3.8, 4) is 0 Å². The first-order chi connectivity index (χ1) is 5.92. The van der Waals surface area contributed by atoms with Crippen LogP contribution in [0, 0.1) is 0 Å². The summed E-state index contributed by atoms with van der Waals surface area (Å²) in [6, 6.07) is 1.99. The van der Waals surface area contributed by atoms with Gasteiger partial charge in [-0.2, -0.15) is 4.37 Å². The van der Waals surface area contributed by atoms with Crippen molar-refractivity contribution < 1.29 is 0 Å². The van der Waals surface area contributed by atoms with Gasteiger partial charge in [0.25, 0.3) is 0 Å². The summed E-state index contributed by atoms with van der Waals surface area (Å²) in [5, 5.41) is 1.19. The van der Waals surface area contributed by atoms with Gasteiger partial charge in [0, 0.05) is 24.2 Å². The summed E-state index contributed by atoms with van der Waals surface area (Å²) in [6.07, 6.45) is 4.48. The van der Waals surface area contributed by atoms with Crippen LogP contribution >= 0.6 is 11.5 Å². The molecule has 0 unspecified atom stereocenters. The van der Waals surface area contributed by atoms with Crippen LogP contribution in [-0.4, -0.2) is 15.9 Å². The second-order valence-electron chi connectivity index (χ2n) is 2.54. The number of aromatic nitrogens is 2. The van der Waals surface area contributed by atoms with Crippen molar-refractivity contribution in [1.82, 2.24) is 9.36 Å². The normalized spacial score (nSPS) is 10.8. The van der Waals surface area contributed by atoms with Gasteiger partial charge in [-0.05, 0) is 24.1 Å². The minimum Gasteiger partial charge on any atom is -0.330 e. The van der Waals surface area contributed by atoms with Crippen molar-refractivity contribution in [1.29, 1.82) is 0 Å². The molecule has 0 saturated heterocycles. The maximum Gasteiger partial charge on any atom is 0.0736 e. The van der Waals surface area contributed by atoms with Gasteiger partial charge >= 0.3 is 0 Å². The first kappa shape index (κ1) is 7.64. The molecule has 0 radical (unpaired) electrons. The molecule has 62 valence electrons. The van der Waals surface area contributed by atoms with Crippen LogP contribution in [0.15, 0.2) is 18.5 Å². The molecule has 3 nitrogen and oxygen atoms in total. The Labute approximate surface area is 74.4 Å². The number of rotatable bonds is 2. The molecule has 2 aromatic rings. The predicted molar refractivity (Wildman–Crippen MR) is 50.2 cm³/mol. The average Bonchev–Trinajstić information content (AvgIpc) is 2.50. The van der Waals surface area contributed by atoms with Crippen LogP contribution in [0.5, 0.6) is 0 Å². The molecule has 2 N–H and O–H groups in total. The molecule has 0 amide bonds. The molecule has 12 heavy (non-hydrogen) atoms. The zero-order chi connectivity index (χ0) is 8.39. The molecule has 0 bridgehead atoms. The molecule has 0 aliphatic heterocycles. The average molecular weight is 179 g/mol. The third-order valence-corrected chi connectivity index (χ3v) is 2.56. The third-order valence-electron chi connectivity index (χ3n) is 1.73. The van der Waals surface area contributed by atoms with Gasteiger partial charge in [0.2, 0.25) is 0 Å². The number of nitrogens with zero attached hydrogens (tertiary/aromatic N) is 2. The molecule has 0 saturated carbocycles. The van der Waals surface area contributed by atoms with Crippen molar-refractivity contribution in [3.05, 3.63) is 24.2 Å². The Balaban J connectivity index is 2.55. The molecular formula is C8H9N3S. The summed E-state index contributed by atoms with van der Waals surface area (Å²) in [4.78, 5) is 4.03. The smallest absolute Gasteiger partial charge is 0.0736 e.